The van der Waals surface area contributed by atoms with E-state index in [0.29, 0.717) is 17.8 Å². The van der Waals surface area contributed by atoms with Crippen LogP contribution in [0.25, 0.3) is 0 Å². The summed E-state index contributed by atoms with van der Waals surface area (Å²) >= 11 is 0. The first kappa shape index (κ1) is 17.9. The molecule has 0 aliphatic carbocycles. The van der Waals surface area contributed by atoms with Gasteiger partial charge in [0.15, 0.2) is 0 Å². The number of amides is 1. The van der Waals surface area contributed by atoms with E-state index in [4.69, 9.17) is 0 Å². The van der Waals surface area contributed by atoms with E-state index in [1.165, 1.54) is 23.1 Å². The second kappa shape index (κ2) is 7.00. The predicted octanol–water partition coefficient (Wildman–Crippen LogP) is 2.78. The molecule has 2 aromatic rings. The van der Waals surface area contributed by atoms with Crippen molar-refractivity contribution < 1.29 is 17.6 Å². The third kappa shape index (κ3) is 4.79. The Balaban J connectivity index is 2.19. The molecular weight excluding hydrogens is 331 g/mol. The molecule has 2 rings (SSSR count). The van der Waals surface area contributed by atoms with E-state index in [-0.39, 0.29) is 11.7 Å². The molecule has 0 unspecified atom stereocenters. The maximum absolute atomic E-state index is 12.9. The minimum absolute atomic E-state index is 0.254. The fourth-order valence-electron chi connectivity index (χ4n) is 2.22. The Labute approximate surface area is 141 Å². The molecule has 1 amide bonds. The normalized spacial score (nSPS) is 11.2. The fourth-order valence-corrected chi connectivity index (χ4v) is 2.84. The molecule has 2 aromatic carbocycles. The number of benzene rings is 2. The number of carbonyl (C=O) groups excluding carboxylic acids is 1. The third-order valence-corrected chi connectivity index (χ3v) is 4.05. The monoisotopic (exact) mass is 350 g/mol. The molecule has 24 heavy (non-hydrogen) atoms. The average Bonchev–Trinajstić information content (AvgIpc) is 2.49. The van der Waals surface area contributed by atoms with Crippen molar-refractivity contribution in [2.24, 2.45) is 0 Å². The van der Waals surface area contributed by atoms with Gasteiger partial charge in [-0.05, 0) is 42.3 Å². The van der Waals surface area contributed by atoms with Crippen molar-refractivity contribution in [2.45, 2.75) is 13.5 Å². The van der Waals surface area contributed by atoms with Crippen LogP contribution in [0.2, 0.25) is 0 Å². The lowest BCUT2D eigenvalue weighted by Gasteiger charge is -2.18. The zero-order chi connectivity index (χ0) is 17.9. The van der Waals surface area contributed by atoms with E-state index in [9.17, 15) is 17.6 Å². The van der Waals surface area contributed by atoms with Crippen molar-refractivity contribution in [1.82, 2.24) is 4.90 Å². The Morgan fingerprint density at radius 3 is 2.38 bits per heavy atom. The lowest BCUT2D eigenvalue weighted by molar-refractivity contribution is 0.0785. The summed E-state index contributed by atoms with van der Waals surface area (Å²) in [7, 11) is -1.79. The van der Waals surface area contributed by atoms with Crippen LogP contribution in [0.15, 0.2) is 42.5 Å². The maximum atomic E-state index is 12.9. The summed E-state index contributed by atoms with van der Waals surface area (Å²) < 4.78 is 38.1. The molecule has 5 nitrogen and oxygen atoms in total. The minimum Gasteiger partial charge on any atom is -0.337 e. The van der Waals surface area contributed by atoms with Gasteiger partial charge in [0.1, 0.15) is 5.82 Å². The Hall–Kier alpha value is -2.41. The van der Waals surface area contributed by atoms with Crippen LogP contribution in [0, 0.1) is 12.7 Å². The molecule has 1 N–H and O–H groups in total. The van der Waals surface area contributed by atoms with Crippen LogP contribution in [-0.2, 0) is 16.6 Å². The smallest absolute Gasteiger partial charge is 0.253 e. The molecule has 0 saturated carbocycles. The van der Waals surface area contributed by atoms with Crippen LogP contribution in [0.3, 0.4) is 0 Å². The number of aryl methyl sites for hydroxylation is 1. The highest BCUT2D eigenvalue weighted by Crippen LogP contribution is 2.19. The van der Waals surface area contributed by atoms with Crippen LogP contribution in [0.5, 0.6) is 0 Å². The van der Waals surface area contributed by atoms with Crippen molar-refractivity contribution >= 4 is 21.6 Å². The Bertz CT molecular complexity index is 849. The highest BCUT2D eigenvalue weighted by atomic mass is 32.2. The van der Waals surface area contributed by atoms with E-state index in [0.717, 1.165) is 17.4 Å². The van der Waals surface area contributed by atoms with Gasteiger partial charge in [-0.15, -0.1) is 0 Å². The largest absolute Gasteiger partial charge is 0.337 e. The lowest BCUT2D eigenvalue weighted by atomic mass is 10.1. The molecule has 7 heteroatoms. The fraction of sp³-hybridized carbons (Fsp3) is 0.235. The molecule has 0 bridgehead atoms. The maximum Gasteiger partial charge on any atom is 0.253 e. The molecule has 0 saturated heterocycles. The summed E-state index contributed by atoms with van der Waals surface area (Å²) in [5.74, 6) is -0.585. The number of anilines is 1. The third-order valence-electron chi connectivity index (χ3n) is 3.46. The zero-order valence-corrected chi connectivity index (χ0v) is 14.5. The summed E-state index contributed by atoms with van der Waals surface area (Å²) in [4.78, 5) is 14.0. The van der Waals surface area contributed by atoms with E-state index in [1.54, 1.807) is 38.2 Å². The van der Waals surface area contributed by atoms with Gasteiger partial charge in [-0.25, -0.2) is 12.8 Å². The molecule has 0 aliphatic heterocycles. The molecular formula is C17H19FN2O3S. The second-order valence-corrected chi connectivity index (χ2v) is 7.44. The number of hydrogen-bond donors (Lipinski definition) is 1. The number of rotatable bonds is 5. The molecule has 0 atom stereocenters. The average molecular weight is 350 g/mol. The molecule has 0 aliphatic rings. The first-order valence-corrected chi connectivity index (χ1v) is 9.13. The summed E-state index contributed by atoms with van der Waals surface area (Å²) in [5.41, 5.74) is 2.27. The van der Waals surface area contributed by atoms with Crippen LogP contribution < -0.4 is 4.72 Å². The summed E-state index contributed by atoms with van der Waals surface area (Å²) in [6.45, 7) is 2.08. The van der Waals surface area contributed by atoms with Gasteiger partial charge >= 0.3 is 0 Å². The highest BCUT2D eigenvalue weighted by Gasteiger charge is 2.15. The van der Waals surface area contributed by atoms with Crippen molar-refractivity contribution in [3.05, 3.63) is 65.0 Å². The number of carbonyl (C=O) groups is 1. The molecule has 0 aromatic heterocycles. The van der Waals surface area contributed by atoms with Crippen LogP contribution in [0.1, 0.15) is 21.5 Å². The van der Waals surface area contributed by atoms with E-state index in [2.05, 4.69) is 4.72 Å². The number of halogens is 1. The SMILES string of the molecule is Cc1ccc(C(=O)N(C)Cc2ccc(F)cc2)cc1NS(C)(=O)=O. The van der Waals surface area contributed by atoms with Gasteiger partial charge in [0, 0.05) is 19.2 Å². The van der Waals surface area contributed by atoms with E-state index < -0.39 is 10.0 Å². The standard InChI is InChI=1S/C17H19FN2O3S/c1-12-4-7-14(10-16(12)19-24(3,22)23)17(21)20(2)11-13-5-8-15(18)9-6-13/h4-10,19H,11H2,1-3H3. The number of nitrogens with zero attached hydrogens (tertiary/aromatic N) is 1. The van der Waals surface area contributed by atoms with Crippen LogP contribution >= 0.6 is 0 Å². The summed E-state index contributed by atoms with van der Waals surface area (Å²) in [5, 5.41) is 0. The molecule has 0 spiro atoms. The highest BCUT2D eigenvalue weighted by molar-refractivity contribution is 7.92. The molecule has 0 fully saturated rings. The summed E-state index contributed by atoms with van der Waals surface area (Å²) in [6.07, 6.45) is 1.06. The van der Waals surface area contributed by atoms with E-state index >= 15 is 0 Å². The molecule has 0 heterocycles. The minimum atomic E-state index is -3.43. The Morgan fingerprint density at radius 2 is 1.79 bits per heavy atom. The van der Waals surface area contributed by atoms with Gasteiger partial charge in [0.05, 0.1) is 11.9 Å². The van der Waals surface area contributed by atoms with Gasteiger partial charge in [-0.1, -0.05) is 18.2 Å². The first-order chi connectivity index (χ1) is 11.2. The molecule has 0 radical (unpaired) electrons. The van der Waals surface area contributed by atoms with Gasteiger partial charge in [-0.3, -0.25) is 9.52 Å². The van der Waals surface area contributed by atoms with Crippen molar-refractivity contribution in [3.63, 3.8) is 0 Å². The van der Waals surface area contributed by atoms with Gasteiger partial charge < -0.3 is 4.90 Å². The predicted molar refractivity (Wildman–Crippen MR) is 91.8 cm³/mol. The van der Waals surface area contributed by atoms with Crippen molar-refractivity contribution in [3.8, 4) is 0 Å². The lowest BCUT2D eigenvalue weighted by Crippen LogP contribution is -2.26. The van der Waals surface area contributed by atoms with Crippen LogP contribution in [-0.4, -0.2) is 32.5 Å². The quantitative estimate of drug-likeness (QED) is 0.902. The Kier molecular flexibility index (Phi) is 5.23. The topological polar surface area (TPSA) is 66.5 Å². The second-order valence-electron chi connectivity index (χ2n) is 5.69. The number of nitrogens with one attached hydrogen (secondary N) is 1. The first-order valence-electron chi connectivity index (χ1n) is 7.24. The van der Waals surface area contributed by atoms with Crippen molar-refractivity contribution in [1.29, 1.82) is 0 Å². The van der Waals surface area contributed by atoms with Gasteiger partial charge in [-0.2, -0.15) is 0 Å². The van der Waals surface area contributed by atoms with Crippen molar-refractivity contribution in [2.75, 3.05) is 18.0 Å². The zero-order valence-electron chi connectivity index (χ0n) is 13.7. The van der Waals surface area contributed by atoms with Gasteiger partial charge in [0.2, 0.25) is 10.0 Å². The van der Waals surface area contributed by atoms with Crippen LogP contribution in [0.4, 0.5) is 10.1 Å². The molecule has 128 valence electrons. The van der Waals surface area contributed by atoms with E-state index in [1.807, 2.05) is 0 Å². The Morgan fingerprint density at radius 1 is 1.17 bits per heavy atom. The number of hydrogen-bond acceptors (Lipinski definition) is 3. The number of sulfonamides is 1. The van der Waals surface area contributed by atoms with Gasteiger partial charge in [0.25, 0.3) is 5.91 Å². The summed E-state index contributed by atoms with van der Waals surface area (Å²) in [6, 6.07) is 10.8.